The van der Waals surface area contributed by atoms with Gasteiger partial charge in [-0.1, -0.05) is 11.6 Å². The first-order valence-electron chi connectivity index (χ1n) is 6.61. The summed E-state index contributed by atoms with van der Waals surface area (Å²) in [5.41, 5.74) is 0. The van der Waals surface area contributed by atoms with Crippen molar-refractivity contribution < 1.29 is 19.2 Å². The van der Waals surface area contributed by atoms with E-state index >= 15 is 0 Å². The molecule has 110 valence electrons. The number of rotatable bonds is 4. The van der Waals surface area contributed by atoms with Gasteiger partial charge in [0.1, 0.15) is 0 Å². The van der Waals surface area contributed by atoms with Gasteiger partial charge in [0, 0.05) is 13.0 Å². The van der Waals surface area contributed by atoms with Crippen LogP contribution >= 0.6 is 0 Å². The van der Waals surface area contributed by atoms with Gasteiger partial charge in [-0.15, -0.1) is 0 Å². The highest BCUT2D eigenvalue weighted by Gasteiger charge is 2.27. The Bertz CT molecular complexity index is 488. The molecular weight excluding hydrogens is 264 g/mol. The number of hydrogen-bond donors (Lipinski definition) is 3. The Labute approximate surface area is 115 Å². The average molecular weight is 282 g/mol. The van der Waals surface area contributed by atoms with Crippen molar-refractivity contribution in [3.63, 3.8) is 0 Å². The van der Waals surface area contributed by atoms with Gasteiger partial charge in [0.05, 0.1) is 12.5 Å². The fraction of sp³-hybridized carbons (Fsp3) is 0.667. The molecular formula is C12H18N4O4. The number of nitrogens with one attached hydrogen (secondary N) is 2. The van der Waals surface area contributed by atoms with Crippen molar-refractivity contribution in [2.45, 2.75) is 45.2 Å². The number of nitrogens with zero attached hydrogens (tertiary/aromatic N) is 2. The Morgan fingerprint density at radius 2 is 2.25 bits per heavy atom. The minimum absolute atomic E-state index is 0.100. The largest absolute Gasteiger partial charge is 0.481 e. The predicted molar refractivity (Wildman–Crippen MR) is 67.8 cm³/mol. The average Bonchev–Trinajstić information content (AvgIpc) is 2.82. The monoisotopic (exact) mass is 282 g/mol. The second kappa shape index (κ2) is 6.36. The van der Waals surface area contributed by atoms with E-state index < -0.39 is 5.97 Å². The highest BCUT2D eigenvalue weighted by atomic mass is 16.5. The third kappa shape index (κ3) is 3.94. The molecule has 0 spiro atoms. The summed E-state index contributed by atoms with van der Waals surface area (Å²) >= 11 is 0. The van der Waals surface area contributed by atoms with Gasteiger partial charge >= 0.3 is 12.0 Å². The molecule has 2 atom stereocenters. The molecule has 0 saturated heterocycles. The molecule has 3 N–H and O–H groups in total. The molecule has 8 heteroatoms. The molecule has 2 unspecified atom stereocenters. The third-order valence-electron chi connectivity index (χ3n) is 3.34. The van der Waals surface area contributed by atoms with Crippen LogP contribution in [0.1, 0.15) is 37.4 Å². The van der Waals surface area contributed by atoms with Crippen LogP contribution in [0.3, 0.4) is 0 Å². The molecule has 1 heterocycles. The third-order valence-corrected chi connectivity index (χ3v) is 3.34. The maximum Gasteiger partial charge on any atom is 0.315 e. The lowest BCUT2D eigenvalue weighted by Crippen LogP contribution is -2.44. The zero-order valence-electron chi connectivity index (χ0n) is 11.3. The lowest BCUT2D eigenvalue weighted by Gasteiger charge is -2.27. The van der Waals surface area contributed by atoms with Crippen molar-refractivity contribution in [1.82, 2.24) is 20.8 Å². The summed E-state index contributed by atoms with van der Waals surface area (Å²) in [6.45, 7) is 1.85. The molecule has 0 bridgehead atoms. The number of aromatic nitrogens is 2. The molecule has 0 aliphatic heterocycles. The number of aliphatic carboxylic acids is 1. The van der Waals surface area contributed by atoms with Crippen molar-refractivity contribution >= 4 is 12.0 Å². The molecule has 1 saturated carbocycles. The predicted octanol–water partition coefficient (Wildman–Crippen LogP) is 0.821. The zero-order chi connectivity index (χ0) is 14.5. The fourth-order valence-corrected chi connectivity index (χ4v) is 2.35. The normalized spacial score (nSPS) is 22.2. The van der Waals surface area contributed by atoms with Gasteiger partial charge in [-0.05, 0) is 19.3 Å². The number of urea groups is 1. The van der Waals surface area contributed by atoms with Gasteiger partial charge in [0.25, 0.3) is 0 Å². The van der Waals surface area contributed by atoms with Crippen LogP contribution in [0.15, 0.2) is 4.52 Å². The molecule has 1 aliphatic rings. The molecule has 0 aromatic carbocycles. The second-order valence-corrected chi connectivity index (χ2v) is 4.96. The summed E-state index contributed by atoms with van der Waals surface area (Å²) in [6.07, 6.45) is 2.77. The first kappa shape index (κ1) is 14.3. The van der Waals surface area contributed by atoms with Gasteiger partial charge in [-0.3, -0.25) is 4.79 Å². The summed E-state index contributed by atoms with van der Waals surface area (Å²) in [7, 11) is 0. The van der Waals surface area contributed by atoms with E-state index in [2.05, 4.69) is 20.8 Å². The van der Waals surface area contributed by atoms with Gasteiger partial charge in [0.15, 0.2) is 5.82 Å². The topological polar surface area (TPSA) is 117 Å². The summed E-state index contributed by atoms with van der Waals surface area (Å²) in [6, 6.07) is -0.444. The Balaban J connectivity index is 1.75. The molecule has 1 aromatic rings. The minimum Gasteiger partial charge on any atom is -0.481 e. The van der Waals surface area contributed by atoms with Gasteiger partial charge in [0.2, 0.25) is 5.89 Å². The Hall–Kier alpha value is -2.12. The van der Waals surface area contributed by atoms with E-state index in [0.29, 0.717) is 24.6 Å². The summed E-state index contributed by atoms with van der Waals surface area (Å²) in [5.74, 6) is -0.309. The highest BCUT2D eigenvalue weighted by molar-refractivity contribution is 5.74. The molecule has 8 nitrogen and oxygen atoms in total. The quantitative estimate of drug-likeness (QED) is 0.752. The van der Waals surface area contributed by atoms with Crippen LogP contribution < -0.4 is 10.6 Å². The molecule has 1 aliphatic carbocycles. The molecule has 2 amide bonds. The van der Waals surface area contributed by atoms with Crippen LogP contribution in [0.2, 0.25) is 0 Å². The van der Waals surface area contributed by atoms with Crippen molar-refractivity contribution in [1.29, 1.82) is 0 Å². The molecule has 1 fully saturated rings. The number of carbonyl (C=O) groups excluding carboxylic acids is 1. The maximum absolute atomic E-state index is 11.7. The van der Waals surface area contributed by atoms with Crippen LogP contribution in [0.4, 0.5) is 4.79 Å². The first-order chi connectivity index (χ1) is 9.54. The SMILES string of the molecule is Cc1nc(CNC(=O)NC2CCCC(C(=O)O)C2)no1. The fourth-order valence-electron chi connectivity index (χ4n) is 2.35. The number of hydrogen-bond acceptors (Lipinski definition) is 5. The Kier molecular flexibility index (Phi) is 4.54. The number of carboxylic acids is 1. The summed E-state index contributed by atoms with van der Waals surface area (Å²) < 4.78 is 4.79. The van der Waals surface area contributed by atoms with E-state index in [-0.39, 0.29) is 24.5 Å². The minimum atomic E-state index is -0.792. The number of carbonyl (C=O) groups is 2. The number of aryl methyl sites for hydroxylation is 1. The lowest BCUT2D eigenvalue weighted by atomic mass is 9.86. The number of carboxylic acid groups (broad SMARTS) is 1. The smallest absolute Gasteiger partial charge is 0.315 e. The van der Waals surface area contributed by atoms with E-state index in [1.807, 2.05) is 0 Å². The molecule has 2 rings (SSSR count). The molecule has 20 heavy (non-hydrogen) atoms. The van der Waals surface area contributed by atoms with Crippen molar-refractivity contribution in [2.24, 2.45) is 5.92 Å². The molecule has 1 aromatic heterocycles. The van der Waals surface area contributed by atoms with E-state index in [4.69, 9.17) is 9.63 Å². The molecule has 0 radical (unpaired) electrons. The van der Waals surface area contributed by atoms with Crippen molar-refractivity contribution in [2.75, 3.05) is 0 Å². The first-order valence-corrected chi connectivity index (χ1v) is 6.61. The van der Waals surface area contributed by atoms with Crippen molar-refractivity contribution in [3.8, 4) is 0 Å². The Morgan fingerprint density at radius 3 is 2.90 bits per heavy atom. The Morgan fingerprint density at radius 1 is 1.45 bits per heavy atom. The van der Waals surface area contributed by atoms with Crippen LogP contribution in [0.25, 0.3) is 0 Å². The second-order valence-electron chi connectivity index (χ2n) is 4.96. The van der Waals surface area contributed by atoms with Crippen LogP contribution in [-0.4, -0.2) is 33.3 Å². The van der Waals surface area contributed by atoms with E-state index in [1.165, 1.54) is 0 Å². The van der Waals surface area contributed by atoms with E-state index in [9.17, 15) is 9.59 Å². The van der Waals surface area contributed by atoms with Crippen molar-refractivity contribution in [3.05, 3.63) is 11.7 Å². The zero-order valence-corrected chi connectivity index (χ0v) is 11.3. The summed E-state index contributed by atoms with van der Waals surface area (Å²) in [4.78, 5) is 26.6. The van der Waals surface area contributed by atoms with Gasteiger partial charge in [-0.2, -0.15) is 4.98 Å². The standard InChI is InChI=1S/C12H18N4O4/c1-7-14-10(16-20-7)6-13-12(19)15-9-4-2-3-8(5-9)11(17)18/h8-9H,2-6H2,1H3,(H,17,18)(H2,13,15,19). The highest BCUT2D eigenvalue weighted by Crippen LogP contribution is 2.24. The van der Waals surface area contributed by atoms with E-state index in [1.54, 1.807) is 6.92 Å². The summed E-state index contributed by atoms with van der Waals surface area (Å²) in [5, 5.41) is 18.1. The van der Waals surface area contributed by atoms with Crippen LogP contribution in [0.5, 0.6) is 0 Å². The maximum atomic E-state index is 11.7. The van der Waals surface area contributed by atoms with Gasteiger partial charge in [-0.25, -0.2) is 4.79 Å². The number of amides is 2. The van der Waals surface area contributed by atoms with Crippen LogP contribution in [-0.2, 0) is 11.3 Å². The lowest BCUT2D eigenvalue weighted by molar-refractivity contribution is -0.143. The van der Waals surface area contributed by atoms with Gasteiger partial charge < -0.3 is 20.3 Å². The van der Waals surface area contributed by atoms with E-state index in [0.717, 1.165) is 12.8 Å². The van der Waals surface area contributed by atoms with Crippen LogP contribution in [0, 0.1) is 12.8 Å².